The number of carbonyl (C=O) groups is 1. The summed E-state index contributed by atoms with van der Waals surface area (Å²) in [6.45, 7) is 4.88. The first kappa shape index (κ1) is 12.6. The number of nitrogens with zero attached hydrogens (tertiary/aromatic N) is 4. The quantitative estimate of drug-likeness (QED) is 0.845. The van der Waals surface area contributed by atoms with E-state index in [-0.39, 0.29) is 5.91 Å². The Labute approximate surface area is 107 Å². The molecule has 0 bridgehead atoms. The van der Waals surface area contributed by atoms with Gasteiger partial charge in [-0.2, -0.15) is 4.98 Å². The minimum absolute atomic E-state index is 0.128. The van der Waals surface area contributed by atoms with Gasteiger partial charge in [-0.15, -0.1) is 0 Å². The summed E-state index contributed by atoms with van der Waals surface area (Å²) in [5.41, 5.74) is 0. The van der Waals surface area contributed by atoms with E-state index in [0.717, 1.165) is 31.9 Å². The summed E-state index contributed by atoms with van der Waals surface area (Å²) < 4.78 is 0. The van der Waals surface area contributed by atoms with Crippen LogP contribution >= 0.6 is 0 Å². The molecular formula is C12H19N5O. The summed E-state index contributed by atoms with van der Waals surface area (Å²) in [4.78, 5) is 24.0. The van der Waals surface area contributed by atoms with E-state index in [9.17, 15) is 4.79 Å². The number of amides is 1. The van der Waals surface area contributed by atoms with Gasteiger partial charge in [-0.1, -0.05) is 6.92 Å². The van der Waals surface area contributed by atoms with E-state index in [1.807, 2.05) is 18.0 Å². The lowest BCUT2D eigenvalue weighted by molar-refractivity contribution is -0.129. The van der Waals surface area contributed by atoms with E-state index in [4.69, 9.17) is 0 Å². The smallest absolute Gasteiger partial charge is 0.241 e. The van der Waals surface area contributed by atoms with Gasteiger partial charge >= 0.3 is 0 Å². The molecule has 2 heterocycles. The van der Waals surface area contributed by atoms with Crippen molar-refractivity contribution in [2.75, 3.05) is 43.4 Å². The number of piperazine rings is 1. The zero-order valence-corrected chi connectivity index (χ0v) is 10.9. The second kappa shape index (κ2) is 5.66. The van der Waals surface area contributed by atoms with E-state index in [1.54, 1.807) is 11.1 Å². The molecule has 98 valence electrons. The summed E-state index contributed by atoms with van der Waals surface area (Å²) in [6, 6.07) is 1.84. The number of rotatable bonds is 4. The second-order valence-electron chi connectivity index (χ2n) is 4.40. The highest BCUT2D eigenvalue weighted by Crippen LogP contribution is 2.14. The maximum absolute atomic E-state index is 11.7. The van der Waals surface area contributed by atoms with Gasteiger partial charge in [-0.05, 0) is 12.5 Å². The van der Waals surface area contributed by atoms with Gasteiger partial charge in [0.25, 0.3) is 0 Å². The topological polar surface area (TPSA) is 61.4 Å². The molecule has 6 nitrogen and oxygen atoms in total. The van der Waals surface area contributed by atoms with Gasteiger partial charge < -0.3 is 15.1 Å². The van der Waals surface area contributed by atoms with Crippen molar-refractivity contribution in [2.24, 2.45) is 0 Å². The van der Waals surface area contributed by atoms with Crippen LogP contribution in [-0.2, 0) is 4.79 Å². The Kier molecular flexibility index (Phi) is 3.96. The number of hydrogen-bond acceptors (Lipinski definition) is 5. The highest BCUT2D eigenvalue weighted by atomic mass is 16.2. The van der Waals surface area contributed by atoms with Crippen LogP contribution in [0.15, 0.2) is 12.3 Å². The normalized spacial score (nSPS) is 16.0. The van der Waals surface area contributed by atoms with Crippen molar-refractivity contribution >= 4 is 17.7 Å². The minimum atomic E-state index is 0.128. The first-order valence-corrected chi connectivity index (χ1v) is 6.26. The molecule has 1 amide bonds. The van der Waals surface area contributed by atoms with Crippen molar-refractivity contribution in [3.63, 3.8) is 0 Å². The minimum Gasteiger partial charge on any atom is -0.354 e. The molecule has 18 heavy (non-hydrogen) atoms. The van der Waals surface area contributed by atoms with E-state index >= 15 is 0 Å². The van der Waals surface area contributed by atoms with Crippen molar-refractivity contribution < 1.29 is 4.79 Å². The molecule has 0 atom stereocenters. The van der Waals surface area contributed by atoms with Crippen LogP contribution in [0, 0.1) is 0 Å². The number of anilines is 2. The Balaban J connectivity index is 2.06. The molecular weight excluding hydrogens is 230 g/mol. The standard InChI is InChI=1S/C12H19N5O/c1-3-5-13-12-14-6-4-10(15-12)17-8-7-16(2)11(18)9-17/h4,6H,3,5,7-9H2,1-2H3,(H,13,14,15). The summed E-state index contributed by atoms with van der Waals surface area (Å²) >= 11 is 0. The van der Waals surface area contributed by atoms with Crippen molar-refractivity contribution in [3.8, 4) is 0 Å². The van der Waals surface area contributed by atoms with Crippen LogP contribution in [-0.4, -0.2) is 54.0 Å². The van der Waals surface area contributed by atoms with Crippen molar-refractivity contribution in [1.82, 2.24) is 14.9 Å². The fraction of sp³-hybridized carbons (Fsp3) is 0.583. The monoisotopic (exact) mass is 249 g/mol. The Morgan fingerprint density at radius 1 is 1.44 bits per heavy atom. The Morgan fingerprint density at radius 2 is 2.28 bits per heavy atom. The maximum atomic E-state index is 11.7. The lowest BCUT2D eigenvalue weighted by Gasteiger charge is -2.32. The zero-order chi connectivity index (χ0) is 13.0. The van der Waals surface area contributed by atoms with Gasteiger partial charge in [-0.3, -0.25) is 4.79 Å². The van der Waals surface area contributed by atoms with Gasteiger partial charge in [0.15, 0.2) is 0 Å². The van der Waals surface area contributed by atoms with Gasteiger partial charge in [-0.25, -0.2) is 4.98 Å². The summed E-state index contributed by atoms with van der Waals surface area (Å²) in [5, 5.41) is 3.15. The molecule has 0 aliphatic carbocycles. The van der Waals surface area contributed by atoms with Crippen LogP contribution in [0.3, 0.4) is 0 Å². The molecule has 0 saturated carbocycles. The fourth-order valence-corrected chi connectivity index (χ4v) is 1.80. The Bertz CT molecular complexity index is 423. The molecule has 0 spiro atoms. The molecule has 2 rings (SSSR count). The average molecular weight is 249 g/mol. The number of aromatic nitrogens is 2. The van der Waals surface area contributed by atoms with Crippen molar-refractivity contribution in [1.29, 1.82) is 0 Å². The predicted octanol–water partition coefficient (Wildman–Crippen LogP) is 0.577. The first-order valence-electron chi connectivity index (χ1n) is 6.26. The number of carbonyl (C=O) groups excluding carboxylic acids is 1. The van der Waals surface area contributed by atoms with Gasteiger partial charge in [0.1, 0.15) is 5.82 Å². The first-order chi connectivity index (χ1) is 8.70. The molecule has 1 aliphatic rings. The highest BCUT2D eigenvalue weighted by Gasteiger charge is 2.22. The summed E-state index contributed by atoms with van der Waals surface area (Å²) in [7, 11) is 1.83. The molecule has 1 fully saturated rings. The highest BCUT2D eigenvalue weighted by molar-refractivity contribution is 5.82. The molecule has 0 aromatic carbocycles. The largest absolute Gasteiger partial charge is 0.354 e. The van der Waals surface area contributed by atoms with Gasteiger partial charge in [0, 0.05) is 32.9 Å². The molecule has 1 N–H and O–H groups in total. The van der Waals surface area contributed by atoms with Crippen LogP contribution in [0.4, 0.5) is 11.8 Å². The lowest BCUT2D eigenvalue weighted by Crippen LogP contribution is -2.48. The van der Waals surface area contributed by atoms with E-state index in [2.05, 4.69) is 22.2 Å². The second-order valence-corrected chi connectivity index (χ2v) is 4.40. The van der Waals surface area contributed by atoms with Crippen LogP contribution in [0.5, 0.6) is 0 Å². The zero-order valence-electron chi connectivity index (χ0n) is 10.9. The molecule has 1 aliphatic heterocycles. The van der Waals surface area contributed by atoms with Crippen molar-refractivity contribution in [3.05, 3.63) is 12.3 Å². The number of nitrogens with one attached hydrogen (secondary N) is 1. The Morgan fingerprint density at radius 3 is 3.00 bits per heavy atom. The third kappa shape index (κ3) is 2.88. The summed E-state index contributed by atoms with van der Waals surface area (Å²) in [5.74, 6) is 1.56. The molecule has 1 aromatic rings. The van der Waals surface area contributed by atoms with E-state index in [0.29, 0.717) is 12.5 Å². The third-order valence-corrected chi connectivity index (χ3v) is 2.96. The molecule has 0 unspecified atom stereocenters. The van der Waals surface area contributed by atoms with Crippen LogP contribution in [0.25, 0.3) is 0 Å². The molecule has 1 aromatic heterocycles. The number of likely N-dealkylation sites (N-methyl/N-ethyl adjacent to an activating group) is 1. The van der Waals surface area contributed by atoms with E-state index < -0.39 is 0 Å². The molecule has 0 radical (unpaired) electrons. The lowest BCUT2D eigenvalue weighted by atomic mass is 10.3. The molecule has 6 heteroatoms. The molecule has 1 saturated heterocycles. The average Bonchev–Trinajstić information content (AvgIpc) is 2.40. The predicted molar refractivity (Wildman–Crippen MR) is 70.7 cm³/mol. The maximum Gasteiger partial charge on any atom is 0.241 e. The SMILES string of the molecule is CCCNc1nccc(N2CCN(C)C(=O)C2)n1. The fourth-order valence-electron chi connectivity index (χ4n) is 1.80. The van der Waals surface area contributed by atoms with Crippen LogP contribution < -0.4 is 10.2 Å². The van der Waals surface area contributed by atoms with Gasteiger partial charge in [0.05, 0.1) is 6.54 Å². The van der Waals surface area contributed by atoms with E-state index in [1.165, 1.54) is 0 Å². The number of hydrogen-bond donors (Lipinski definition) is 1. The van der Waals surface area contributed by atoms with Crippen LogP contribution in [0.2, 0.25) is 0 Å². The third-order valence-electron chi connectivity index (χ3n) is 2.96. The Hall–Kier alpha value is -1.85. The van der Waals surface area contributed by atoms with Crippen LogP contribution in [0.1, 0.15) is 13.3 Å². The van der Waals surface area contributed by atoms with Gasteiger partial charge in [0.2, 0.25) is 11.9 Å². The summed E-state index contributed by atoms with van der Waals surface area (Å²) in [6.07, 6.45) is 2.75. The van der Waals surface area contributed by atoms with Crippen molar-refractivity contribution in [2.45, 2.75) is 13.3 Å².